The van der Waals surface area contributed by atoms with Crippen LogP contribution in [0.1, 0.15) is 24.1 Å². The number of rotatable bonds is 2. The summed E-state index contributed by atoms with van der Waals surface area (Å²) in [5.41, 5.74) is 10.2. The van der Waals surface area contributed by atoms with Gasteiger partial charge in [0.15, 0.2) is 5.75 Å². The lowest BCUT2D eigenvalue weighted by atomic mass is 9.95. The van der Waals surface area contributed by atoms with E-state index in [4.69, 9.17) is 10.6 Å². The normalized spacial score (nSPS) is 14.1. The van der Waals surface area contributed by atoms with Gasteiger partial charge in [-0.2, -0.15) is 0 Å². The Morgan fingerprint density at radius 3 is 2.76 bits per heavy atom. The SMILES string of the molecule is Nc1nc2cnc3c(c2n1Oc1ccccc1)CCCC3. The van der Waals surface area contributed by atoms with Gasteiger partial charge in [0, 0.05) is 11.3 Å². The maximum atomic E-state index is 6.03. The summed E-state index contributed by atoms with van der Waals surface area (Å²) < 4.78 is 1.64. The van der Waals surface area contributed by atoms with Crippen molar-refractivity contribution in [2.45, 2.75) is 25.7 Å². The maximum Gasteiger partial charge on any atom is 0.236 e. The Balaban J connectivity index is 1.89. The van der Waals surface area contributed by atoms with Gasteiger partial charge in [-0.25, -0.2) is 4.98 Å². The van der Waals surface area contributed by atoms with E-state index in [1.54, 1.807) is 10.9 Å². The molecule has 0 radical (unpaired) electrons. The van der Waals surface area contributed by atoms with Crippen molar-refractivity contribution in [3.63, 3.8) is 0 Å². The summed E-state index contributed by atoms with van der Waals surface area (Å²) in [7, 11) is 0. The Kier molecular flexibility index (Phi) is 2.77. The number of para-hydroxylation sites is 1. The standard InChI is InChI=1S/C16H16N4O/c17-16-19-14-10-18-13-9-5-4-8-12(13)15(14)20(16)21-11-6-2-1-3-7-11/h1-3,6-7,10H,4-5,8-9H2,(H2,17,19). The van der Waals surface area contributed by atoms with Gasteiger partial charge < -0.3 is 10.6 Å². The Morgan fingerprint density at radius 1 is 1.10 bits per heavy atom. The molecular weight excluding hydrogens is 264 g/mol. The first-order valence-corrected chi connectivity index (χ1v) is 7.21. The lowest BCUT2D eigenvalue weighted by Gasteiger charge is -2.16. The molecule has 1 aliphatic rings. The van der Waals surface area contributed by atoms with Crippen LogP contribution in [0.15, 0.2) is 36.5 Å². The fourth-order valence-corrected chi connectivity index (χ4v) is 2.91. The molecule has 4 rings (SSSR count). The van der Waals surface area contributed by atoms with Crippen LogP contribution in [-0.2, 0) is 12.8 Å². The number of anilines is 1. The zero-order chi connectivity index (χ0) is 14.2. The number of hydrogen-bond donors (Lipinski definition) is 1. The van der Waals surface area contributed by atoms with Crippen molar-refractivity contribution in [2.24, 2.45) is 0 Å². The summed E-state index contributed by atoms with van der Waals surface area (Å²) in [5.74, 6) is 1.10. The number of hydrogen-bond acceptors (Lipinski definition) is 4. The molecule has 0 saturated heterocycles. The van der Waals surface area contributed by atoms with Crippen molar-refractivity contribution in [1.29, 1.82) is 0 Å². The van der Waals surface area contributed by atoms with Crippen molar-refractivity contribution >= 4 is 17.0 Å². The number of nitrogen functional groups attached to an aromatic ring is 1. The Morgan fingerprint density at radius 2 is 1.90 bits per heavy atom. The quantitative estimate of drug-likeness (QED) is 0.784. The number of pyridine rings is 1. The molecule has 1 aromatic carbocycles. The van der Waals surface area contributed by atoms with E-state index in [2.05, 4.69) is 9.97 Å². The zero-order valence-corrected chi connectivity index (χ0v) is 11.6. The van der Waals surface area contributed by atoms with Crippen molar-refractivity contribution in [3.05, 3.63) is 47.8 Å². The van der Waals surface area contributed by atoms with E-state index >= 15 is 0 Å². The minimum atomic E-state index is 0.356. The molecule has 0 amide bonds. The number of aromatic nitrogens is 3. The van der Waals surface area contributed by atoms with Gasteiger partial charge in [-0.15, -0.1) is 4.73 Å². The van der Waals surface area contributed by atoms with Gasteiger partial charge in [0.05, 0.1) is 6.20 Å². The first-order valence-electron chi connectivity index (χ1n) is 7.21. The molecule has 1 aliphatic carbocycles. The van der Waals surface area contributed by atoms with Crippen LogP contribution in [0.5, 0.6) is 5.75 Å². The molecule has 2 aromatic heterocycles. The van der Waals surface area contributed by atoms with E-state index < -0.39 is 0 Å². The lowest BCUT2D eigenvalue weighted by Crippen LogP contribution is -2.13. The first kappa shape index (κ1) is 12.2. The van der Waals surface area contributed by atoms with Crippen LogP contribution >= 0.6 is 0 Å². The summed E-state index contributed by atoms with van der Waals surface area (Å²) in [6.07, 6.45) is 6.17. The third kappa shape index (κ3) is 2.01. The highest BCUT2D eigenvalue weighted by Crippen LogP contribution is 2.29. The van der Waals surface area contributed by atoms with E-state index in [-0.39, 0.29) is 0 Å². The van der Waals surface area contributed by atoms with Crippen molar-refractivity contribution in [1.82, 2.24) is 14.7 Å². The molecule has 0 bridgehead atoms. The van der Waals surface area contributed by atoms with Gasteiger partial charge in [0.1, 0.15) is 11.0 Å². The van der Waals surface area contributed by atoms with Gasteiger partial charge in [-0.1, -0.05) is 18.2 Å². The molecule has 0 fully saturated rings. The molecule has 0 saturated carbocycles. The second-order valence-electron chi connectivity index (χ2n) is 5.29. The highest BCUT2D eigenvalue weighted by Gasteiger charge is 2.20. The molecule has 5 heteroatoms. The highest BCUT2D eigenvalue weighted by molar-refractivity contribution is 5.81. The summed E-state index contributed by atoms with van der Waals surface area (Å²) >= 11 is 0. The van der Waals surface area contributed by atoms with Crippen LogP contribution in [0, 0.1) is 0 Å². The molecular formula is C16H16N4O. The summed E-state index contributed by atoms with van der Waals surface area (Å²) in [4.78, 5) is 14.8. The van der Waals surface area contributed by atoms with Gasteiger partial charge in [0.25, 0.3) is 0 Å². The zero-order valence-electron chi connectivity index (χ0n) is 11.6. The molecule has 0 spiro atoms. The molecule has 3 aromatic rings. The van der Waals surface area contributed by atoms with Crippen molar-refractivity contribution < 1.29 is 4.84 Å². The maximum absolute atomic E-state index is 6.03. The third-order valence-electron chi connectivity index (χ3n) is 3.90. The predicted molar refractivity (Wildman–Crippen MR) is 81.1 cm³/mol. The molecule has 2 heterocycles. The van der Waals surface area contributed by atoms with E-state index in [0.717, 1.165) is 35.3 Å². The number of aryl methyl sites for hydroxylation is 2. The van der Waals surface area contributed by atoms with Gasteiger partial charge in [-0.3, -0.25) is 4.98 Å². The van der Waals surface area contributed by atoms with Crippen molar-refractivity contribution in [3.8, 4) is 5.75 Å². The molecule has 21 heavy (non-hydrogen) atoms. The molecule has 0 aliphatic heterocycles. The average molecular weight is 280 g/mol. The van der Waals surface area contributed by atoms with Gasteiger partial charge in [-0.05, 0) is 37.8 Å². The molecule has 5 nitrogen and oxygen atoms in total. The number of benzene rings is 1. The summed E-state index contributed by atoms with van der Waals surface area (Å²) in [5, 5.41) is 0. The second-order valence-corrected chi connectivity index (χ2v) is 5.29. The molecule has 0 atom stereocenters. The summed E-state index contributed by atoms with van der Waals surface area (Å²) in [6.45, 7) is 0. The fourth-order valence-electron chi connectivity index (χ4n) is 2.91. The van der Waals surface area contributed by atoms with Gasteiger partial charge >= 0.3 is 0 Å². The van der Waals surface area contributed by atoms with E-state index in [0.29, 0.717) is 5.95 Å². The van der Waals surface area contributed by atoms with Gasteiger partial charge in [0.2, 0.25) is 5.95 Å². The van der Waals surface area contributed by atoms with Crippen LogP contribution in [0.4, 0.5) is 5.95 Å². The Labute approximate surface area is 122 Å². The van der Waals surface area contributed by atoms with Crippen molar-refractivity contribution in [2.75, 3.05) is 5.73 Å². The predicted octanol–water partition coefficient (Wildman–Crippen LogP) is 2.73. The second kappa shape index (κ2) is 4.77. The molecule has 0 unspecified atom stereocenters. The number of fused-ring (bicyclic) bond motifs is 3. The summed E-state index contributed by atoms with van der Waals surface area (Å²) in [6, 6.07) is 9.62. The van der Waals surface area contributed by atoms with Crippen LogP contribution in [-0.4, -0.2) is 14.7 Å². The minimum Gasteiger partial charge on any atom is -0.372 e. The average Bonchev–Trinajstić information content (AvgIpc) is 2.85. The minimum absolute atomic E-state index is 0.356. The lowest BCUT2D eigenvalue weighted by molar-refractivity contribution is 0.233. The number of nitrogens with two attached hydrogens (primary N) is 1. The molecule has 106 valence electrons. The number of nitrogens with zero attached hydrogens (tertiary/aromatic N) is 3. The van der Waals surface area contributed by atoms with Crippen LogP contribution in [0.2, 0.25) is 0 Å². The largest absolute Gasteiger partial charge is 0.372 e. The Hall–Kier alpha value is -2.56. The Bertz CT molecular complexity index is 795. The van der Waals surface area contributed by atoms with E-state index in [1.165, 1.54) is 18.4 Å². The van der Waals surface area contributed by atoms with Crippen LogP contribution in [0.25, 0.3) is 11.0 Å². The topological polar surface area (TPSA) is 66.0 Å². The van der Waals surface area contributed by atoms with Crippen LogP contribution < -0.4 is 10.6 Å². The first-order chi connectivity index (χ1) is 10.3. The fraction of sp³-hybridized carbons (Fsp3) is 0.250. The monoisotopic (exact) mass is 280 g/mol. The van der Waals surface area contributed by atoms with E-state index in [1.807, 2.05) is 30.3 Å². The third-order valence-corrected chi connectivity index (χ3v) is 3.90. The smallest absolute Gasteiger partial charge is 0.236 e. The number of imidazole rings is 1. The van der Waals surface area contributed by atoms with E-state index in [9.17, 15) is 0 Å². The highest BCUT2D eigenvalue weighted by atomic mass is 16.7. The molecule has 2 N–H and O–H groups in total. The van der Waals surface area contributed by atoms with Crippen LogP contribution in [0.3, 0.4) is 0 Å².